The molecule has 1 atom stereocenters. The van der Waals surface area contributed by atoms with Crippen molar-refractivity contribution in [3.8, 4) is 0 Å². The summed E-state index contributed by atoms with van der Waals surface area (Å²) in [6.45, 7) is 7.96. The van der Waals surface area contributed by atoms with E-state index in [0.29, 0.717) is 55.7 Å². The largest absolute Gasteiger partial charge is 0.379 e. The summed E-state index contributed by atoms with van der Waals surface area (Å²) < 4.78 is 6.41. The number of carbonyl (C=O) groups excluding carboxylic acids is 2. The fraction of sp³-hybridized carbons (Fsp3) is 0.593. The predicted octanol–water partition coefficient (Wildman–Crippen LogP) is 4.34. The molecule has 0 bridgehead atoms. The van der Waals surface area contributed by atoms with Crippen molar-refractivity contribution in [1.29, 1.82) is 0 Å². The van der Waals surface area contributed by atoms with Gasteiger partial charge in [-0.15, -0.1) is 11.3 Å². The number of benzene rings is 1. The first-order chi connectivity index (χ1) is 17.5. The molecule has 9 heteroatoms. The van der Waals surface area contributed by atoms with Crippen LogP contribution in [0.5, 0.6) is 0 Å². The van der Waals surface area contributed by atoms with Crippen molar-refractivity contribution in [2.45, 2.75) is 57.4 Å². The van der Waals surface area contributed by atoms with Gasteiger partial charge in [0.15, 0.2) is 0 Å². The minimum Gasteiger partial charge on any atom is -0.379 e. The summed E-state index contributed by atoms with van der Waals surface area (Å²) in [6, 6.07) is 5.57. The lowest BCUT2D eigenvalue weighted by molar-refractivity contribution is -0.122. The number of hydrogen-bond acceptors (Lipinski definition) is 6. The highest BCUT2D eigenvalue weighted by atomic mass is 35.5. The molecule has 2 N–H and O–H groups in total. The number of carbonyl (C=O) groups is 2. The first kappa shape index (κ1) is 27.0. The van der Waals surface area contributed by atoms with E-state index in [0.717, 1.165) is 34.7 Å². The van der Waals surface area contributed by atoms with E-state index in [1.807, 2.05) is 18.2 Å². The minimum atomic E-state index is -0.141. The Balaban J connectivity index is 1.28. The summed E-state index contributed by atoms with van der Waals surface area (Å²) in [5.41, 5.74) is 1.46. The van der Waals surface area contributed by atoms with Crippen LogP contribution in [0.15, 0.2) is 30.4 Å². The fourth-order valence-corrected chi connectivity index (χ4v) is 6.28. The van der Waals surface area contributed by atoms with Crippen LogP contribution in [0.25, 0.3) is 10.2 Å². The van der Waals surface area contributed by atoms with Crippen LogP contribution in [0.2, 0.25) is 5.02 Å². The van der Waals surface area contributed by atoms with Crippen LogP contribution >= 0.6 is 22.9 Å². The highest BCUT2D eigenvalue weighted by Gasteiger charge is 2.22. The number of fused-ring (bicyclic) bond motifs is 1. The molecule has 0 spiro atoms. The van der Waals surface area contributed by atoms with E-state index < -0.39 is 0 Å². The molecule has 1 aliphatic carbocycles. The second-order valence-electron chi connectivity index (χ2n) is 9.93. The van der Waals surface area contributed by atoms with Crippen LogP contribution in [-0.4, -0.2) is 67.1 Å². The molecule has 0 unspecified atom stereocenters. The van der Waals surface area contributed by atoms with Gasteiger partial charge >= 0.3 is 0 Å². The van der Waals surface area contributed by atoms with E-state index in [1.165, 1.54) is 32.1 Å². The van der Waals surface area contributed by atoms with Gasteiger partial charge in [0, 0.05) is 55.7 Å². The first-order valence-corrected chi connectivity index (χ1v) is 14.3. The van der Waals surface area contributed by atoms with Gasteiger partial charge in [-0.05, 0) is 30.5 Å². The molecule has 7 nitrogen and oxygen atoms in total. The number of nitrogens with zero attached hydrogens (tertiary/aromatic N) is 2. The second-order valence-corrected chi connectivity index (χ2v) is 11.5. The molecule has 1 saturated carbocycles. The maximum Gasteiger partial charge on any atom is 0.247 e. The van der Waals surface area contributed by atoms with Gasteiger partial charge < -0.3 is 15.4 Å². The molecular formula is C27H37ClN4O3S. The van der Waals surface area contributed by atoms with Gasteiger partial charge in [-0.1, -0.05) is 50.3 Å². The maximum absolute atomic E-state index is 12.9. The molecule has 36 heavy (non-hydrogen) atoms. The lowest BCUT2D eigenvalue weighted by atomic mass is 9.84. The third-order valence-corrected chi connectivity index (χ3v) is 8.33. The normalized spacial score (nSPS) is 18.1. The second kappa shape index (κ2) is 13.5. The lowest BCUT2D eigenvalue weighted by Gasteiger charge is -2.28. The van der Waals surface area contributed by atoms with Crippen molar-refractivity contribution in [1.82, 2.24) is 20.5 Å². The smallest absolute Gasteiger partial charge is 0.247 e. The molecule has 2 amide bonds. The number of ether oxygens (including phenoxy) is 1. The molecule has 2 fully saturated rings. The Morgan fingerprint density at radius 1 is 1.22 bits per heavy atom. The van der Waals surface area contributed by atoms with E-state index in [9.17, 15) is 9.59 Å². The van der Waals surface area contributed by atoms with Crippen LogP contribution in [0.1, 0.15) is 50.0 Å². The van der Waals surface area contributed by atoms with Gasteiger partial charge in [0.2, 0.25) is 11.8 Å². The molecule has 1 aliphatic heterocycles. The van der Waals surface area contributed by atoms with Crippen molar-refractivity contribution in [3.63, 3.8) is 0 Å². The highest BCUT2D eigenvalue weighted by molar-refractivity contribution is 7.18. The van der Waals surface area contributed by atoms with Crippen molar-refractivity contribution >= 4 is 45.0 Å². The van der Waals surface area contributed by atoms with Gasteiger partial charge in [-0.25, -0.2) is 4.98 Å². The SMILES string of the molecule is C=C(CN1CCOCC1)C(=O)NC[C@H](CC1CCCCC1)NC(=O)CCc1nc2ccc(Cl)cc2s1. The molecule has 4 rings (SSSR count). The number of aryl methyl sites for hydroxylation is 1. The zero-order chi connectivity index (χ0) is 25.3. The Kier molecular flexibility index (Phi) is 10.2. The van der Waals surface area contributed by atoms with E-state index in [2.05, 4.69) is 27.1 Å². The molecule has 1 aromatic carbocycles. The average Bonchev–Trinajstić information content (AvgIpc) is 3.29. The molecule has 1 aromatic heterocycles. The Morgan fingerprint density at radius 3 is 2.78 bits per heavy atom. The van der Waals surface area contributed by atoms with E-state index >= 15 is 0 Å². The van der Waals surface area contributed by atoms with Crippen molar-refractivity contribution in [3.05, 3.63) is 40.4 Å². The van der Waals surface area contributed by atoms with E-state index in [4.69, 9.17) is 16.3 Å². The quantitative estimate of drug-likeness (QED) is 0.421. The summed E-state index contributed by atoms with van der Waals surface area (Å²) in [6.07, 6.45) is 8.01. The summed E-state index contributed by atoms with van der Waals surface area (Å²) in [7, 11) is 0. The van der Waals surface area contributed by atoms with Crippen LogP contribution in [0.4, 0.5) is 0 Å². The Labute approximate surface area is 222 Å². The Bertz CT molecular complexity index is 1050. The van der Waals surface area contributed by atoms with Gasteiger partial charge in [-0.2, -0.15) is 0 Å². The van der Waals surface area contributed by atoms with Gasteiger partial charge in [0.25, 0.3) is 0 Å². The van der Waals surface area contributed by atoms with E-state index in [-0.39, 0.29) is 17.9 Å². The monoisotopic (exact) mass is 532 g/mol. The zero-order valence-electron chi connectivity index (χ0n) is 20.9. The summed E-state index contributed by atoms with van der Waals surface area (Å²) in [5, 5.41) is 7.85. The predicted molar refractivity (Wildman–Crippen MR) is 145 cm³/mol. The number of nitrogens with one attached hydrogen (secondary N) is 2. The lowest BCUT2D eigenvalue weighted by Crippen LogP contribution is -2.46. The van der Waals surface area contributed by atoms with Gasteiger partial charge in [-0.3, -0.25) is 14.5 Å². The summed E-state index contributed by atoms with van der Waals surface area (Å²) in [5.74, 6) is 0.443. The fourth-order valence-electron chi connectivity index (χ4n) is 5.03. The number of thiazole rings is 1. The van der Waals surface area contributed by atoms with Gasteiger partial charge in [0.05, 0.1) is 28.4 Å². The number of aromatic nitrogens is 1. The summed E-state index contributed by atoms with van der Waals surface area (Å²) >= 11 is 7.66. The van der Waals surface area contributed by atoms with Crippen LogP contribution < -0.4 is 10.6 Å². The number of amides is 2. The van der Waals surface area contributed by atoms with E-state index in [1.54, 1.807) is 11.3 Å². The van der Waals surface area contributed by atoms with Crippen LogP contribution in [-0.2, 0) is 20.7 Å². The van der Waals surface area contributed by atoms with Crippen molar-refractivity contribution in [2.24, 2.45) is 5.92 Å². The molecule has 2 aliphatic rings. The maximum atomic E-state index is 12.9. The first-order valence-electron chi connectivity index (χ1n) is 13.1. The minimum absolute atomic E-state index is 0.00510. The standard InChI is InChI=1S/C27H37ClN4O3S/c1-19(18-32-11-13-35-14-12-32)27(34)29-17-22(15-20-5-3-2-4-6-20)30-25(33)9-10-26-31-23-8-7-21(28)16-24(23)36-26/h7-8,16,20,22H,1-6,9-15,17-18H2,(H,29,34)(H,30,33)/t22-/m0/s1. The summed E-state index contributed by atoms with van der Waals surface area (Å²) in [4.78, 5) is 32.4. The number of halogens is 1. The Morgan fingerprint density at radius 2 is 2.00 bits per heavy atom. The Hall–Kier alpha value is -2.00. The molecule has 0 radical (unpaired) electrons. The van der Waals surface area contributed by atoms with Crippen molar-refractivity contribution < 1.29 is 14.3 Å². The molecule has 196 valence electrons. The molecule has 1 saturated heterocycles. The topological polar surface area (TPSA) is 83.6 Å². The molecular weight excluding hydrogens is 496 g/mol. The van der Waals surface area contributed by atoms with Crippen LogP contribution in [0.3, 0.4) is 0 Å². The third-order valence-electron chi connectivity index (χ3n) is 7.02. The molecule has 2 aromatic rings. The molecule has 2 heterocycles. The third kappa shape index (κ3) is 8.26. The number of morpholine rings is 1. The van der Waals surface area contributed by atoms with Crippen molar-refractivity contribution in [2.75, 3.05) is 39.4 Å². The zero-order valence-corrected chi connectivity index (χ0v) is 22.5. The van der Waals surface area contributed by atoms with Crippen LogP contribution in [0, 0.1) is 5.92 Å². The number of hydrogen-bond donors (Lipinski definition) is 2. The average molecular weight is 533 g/mol. The van der Waals surface area contributed by atoms with Gasteiger partial charge in [0.1, 0.15) is 0 Å². The number of rotatable bonds is 11. The highest BCUT2D eigenvalue weighted by Crippen LogP contribution is 2.28.